The Morgan fingerprint density at radius 2 is 1.74 bits per heavy atom. The average molecular weight is 368 g/mol. The number of carbonyl (C=O) groups is 1. The van der Waals surface area contributed by atoms with Crippen molar-refractivity contribution < 1.29 is 14.3 Å². The van der Waals surface area contributed by atoms with Crippen molar-refractivity contribution >= 4 is 5.91 Å². The van der Waals surface area contributed by atoms with Crippen molar-refractivity contribution in [2.45, 2.75) is 39.3 Å². The molecule has 5 nitrogen and oxygen atoms in total. The van der Waals surface area contributed by atoms with E-state index in [0.29, 0.717) is 18.0 Å². The summed E-state index contributed by atoms with van der Waals surface area (Å²) in [5.74, 6) is 1.07. The van der Waals surface area contributed by atoms with Gasteiger partial charge in [0.15, 0.2) is 18.1 Å². The zero-order valence-electron chi connectivity index (χ0n) is 16.1. The third-order valence-corrected chi connectivity index (χ3v) is 4.78. The highest BCUT2D eigenvalue weighted by molar-refractivity contribution is 5.77. The van der Waals surface area contributed by atoms with Crippen LogP contribution in [0.25, 0.3) is 0 Å². The lowest BCUT2D eigenvalue weighted by Gasteiger charge is -2.13. The molecule has 144 valence electrons. The molecule has 1 amide bonds. The van der Waals surface area contributed by atoms with E-state index in [1.165, 1.54) is 36.0 Å². The van der Waals surface area contributed by atoms with E-state index in [1.807, 2.05) is 25.1 Å². The molecule has 2 N–H and O–H groups in total. The van der Waals surface area contributed by atoms with Crippen LogP contribution >= 0.6 is 0 Å². The lowest BCUT2D eigenvalue weighted by atomic mass is 10.1. The Balaban J connectivity index is 1.53. The van der Waals surface area contributed by atoms with Crippen LogP contribution in [0.4, 0.5) is 0 Å². The van der Waals surface area contributed by atoms with E-state index in [2.05, 4.69) is 28.8 Å². The first-order valence-electron chi connectivity index (χ1n) is 9.57. The van der Waals surface area contributed by atoms with Crippen molar-refractivity contribution in [2.75, 3.05) is 20.3 Å². The number of ether oxygens (including phenoxy) is 2. The molecule has 27 heavy (non-hydrogen) atoms. The molecule has 1 aliphatic carbocycles. The summed E-state index contributed by atoms with van der Waals surface area (Å²) in [6.07, 6.45) is 3.70. The Labute approximate surface area is 161 Å². The number of hydrogen-bond acceptors (Lipinski definition) is 4. The number of carbonyl (C=O) groups excluding carboxylic acids is 1. The number of benzene rings is 2. The van der Waals surface area contributed by atoms with E-state index < -0.39 is 0 Å². The first-order valence-corrected chi connectivity index (χ1v) is 9.57. The molecule has 0 heterocycles. The minimum atomic E-state index is -0.139. The maximum absolute atomic E-state index is 11.5. The summed E-state index contributed by atoms with van der Waals surface area (Å²) >= 11 is 0. The highest BCUT2D eigenvalue weighted by atomic mass is 16.5. The van der Waals surface area contributed by atoms with Gasteiger partial charge in [0.25, 0.3) is 5.91 Å². The number of fused-ring (bicyclic) bond motifs is 1. The van der Waals surface area contributed by atoms with Gasteiger partial charge >= 0.3 is 0 Å². The summed E-state index contributed by atoms with van der Waals surface area (Å²) < 4.78 is 11.0. The number of methoxy groups -OCH3 is 1. The Morgan fingerprint density at radius 1 is 1.00 bits per heavy atom. The molecule has 0 aromatic heterocycles. The second kappa shape index (κ2) is 9.42. The fraction of sp³-hybridized carbons (Fsp3) is 0.409. The van der Waals surface area contributed by atoms with E-state index in [0.717, 1.165) is 18.7 Å². The zero-order valence-corrected chi connectivity index (χ0v) is 16.1. The SMILES string of the molecule is CCNC(=O)COc1ccc(CNCc2ccc3c(c2)CCC3)cc1OC. The minimum Gasteiger partial charge on any atom is -0.493 e. The van der Waals surface area contributed by atoms with Gasteiger partial charge in [-0.2, -0.15) is 0 Å². The maximum atomic E-state index is 11.5. The van der Waals surface area contributed by atoms with Crippen LogP contribution in [0.1, 0.15) is 35.6 Å². The molecule has 5 heteroatoms. The molecule has 0 spiro atoms. The molecule has 1 aliphatic rings. The molecule has 2 aromatic carbocycles. The molecule has 0 atom stereocenters. The quantitative estimate of drug-likeness (QED) is 0.714. The fourth-order valence-electron chi connectivity index (χ4n) is 3.42. The van der Waals surface area contributed by atoms with E-state index in [4.69, 9.17) is 9.47 Å². The number of likely N-dealkylation sites (N-methyl/N-ethyl adjacent to an activating group) is 1. The molecule has 2 aromatic rings. The number of aryl methyl sites for hydroxylation is 2. The maximum Gasteiger partial charge on any atom is 0.257 e. The Kier molecular flexibility index (Phi) is 6.71. The van der Waals surface area contributed by atoms with Crippen molar-refractivity contribution in [1.82, 2.24) is 10.6 Å². The van der Waals surface area contributed by atoms with Gasteiger partial charge in [-0.05, 0) is 60.6 Å². The smallest absolute Gasteiger partial charge is 0.257 e. The summed E-state index contributed by atoms with van der Waals surface area (Å²) in [6, 6.07) is 12.6. The van der Waals surface area contributed by atoms with Crippen molar-refractivity contribution in [3.63, 3.8) is 0 Å². The van der Waals surface area contributed by atoms with Crippen molar-refractivity contribution in [3.8, 4) is 11.5 Å². The normalized spacial score (nSPS) is 12.5. The molecule has 0 saturated heterocycles. The highest BCUT2D eigenvalue weighted by Crippen LogP contribution is 2.28. The number of rotatable bonds is 9. The van der Waals surface area contributed by atoms with Crippen LogP contribution < -0.4 is 20.1 Å². The Bertz CT molecular complexity index is 789. The average Bonchev–Trinajstić information content (AvgIpc) is 3.15. The van der Waals surface area contributed by atoms with Crippen LogP contribution in [0, 0.1) is 0 Å². The van der Waals surface area contributed by atoms with Gasteiger partial charge in [0.2, 0.25) is 0 Å². The van der Waals surface area contributed by atoms with Gasteiger partial charge in [-0.1, -0.05) is 24.3 Å². The van der Waals surface area contributed by atoms with Crippen molar-refractivity contribution in [2.24, 2.45) is 0 Å². The number of amides is 1. The molecule has 0 radical (unpaired) electrons. The van der Waals surface area contributed by atoms with Gasteiger partial charge in [-0.25, -0.2) is 0 Å². The second-order valence-electron chi connectivity index (χ2n) is 6.79. The molecule has 0 bridgehead atoms. The topological polar surface area (TPSA) is 59.6 Å². The number of hydrogen-bond donors (Lipinski definition) is 2. The summed E-state index contributed by atoms with van der Waals surface area (Å²) in [7, 11) is 1.61. The predicted molar refractivity (Wildman–Crippen MR) is 106 cm³/mol. The van der Waals surface area contributed by atoms with Gasteiger partial charge in [0, 0.05) is 19.6 Å². The molecular weight excluding hydrogens is 340 g/mol. The Hall–Kier alpha value is -2.53. The van der Waals surface area contributed by atoms with Crippen LogP contribution in [-0.4, -0.2) is 26.2 Å². The van der Waals surface area contributed by atoms with Gasteiger partial charge in [0.1, 0.15) is 0 Å². The van der Waals surface area contributed by atoms with Crippen LogP contribution in [0.15, 0.2) is 36.4 Å². The first kappa shape index (κ1) is 19.2. The van der Waals surface area contributed by atoms with Gasteiger partial charge in [0.05, 0.1) is 7.11 Å². The van der Waals surface area contributed by atoms with Crippen LogP contribution in [0.3, 0.4) is 0 Å². The van der Waals surface area contributed by atoms with Crippen molar-refractivity contribution in [3.05, 3.63) is 58.7 Å². The van der Waals surface area contributed by atoms with Crippen LogP contribution in [-0.2, 0) is 30.7 Å². The van der Waals surface area contributed by atoms with E-state index in [-0.39, 0.29) is 12.5 Å². The van der Waals surface area contributed by atoms with Gasteiger partial charge in [-0.3, -0.25) is 4.79 Å². The van der Waals surface area contributed by atoms with Gasteiger partial charge in [-0.15, -0.1) is 0 Å². The lowest BCUT2D eigenvalue weighted by molar-refractivity contribution is -0.123. The lowest BCUT2D eigenvalue weighted by Crippen LogP contribution is -2.28. The van der Waals surface area contributed by atoms with Gasteiger partial charge < -0.3 is 20.1 Å². The molecular formula is C22H28N2O3. The minimum absolute atomic E-state index is 0.0138. The number of nitrogens with one attached hydrogen (secondary N) is 2. The summed E-state index contributed by atoms with van der Waals surface area (Å²) in [5, 5.41) is 6.20. The predicted octanol–water partition coefficient (Wildman–Crippen LogP) is 2.99. The summed E-state index contributed by atoms with van der Waals surface area (Å²) in [4.78, 5) is 11.5. The first-order chi connectivity index (χ1) is 13.2. The van der Waals surface area contributed by atoms with E-state index in [1.54, 1.807) is 7.11 Å². The molecule has 0 saturated carbocycles. The zero-order chi connectivity index (χ0) is 19.1. The monoisotopic (exact) mass is 368 g/mol. The molecule has 0 unspecified atom stereocenters. The highest BCUT2D eigenvalue weighted by Gasteiger charge is 2.11. The summed E-state index contributed by atoms with van der Waals surface area (Å²) in [5.41, 5.74) is 5.44. The standard InChI is InChI=1S/C22H28N2O3/c1-3-24-22(25)15-27-20-10-8-17(12-21(20)26-2)14-23-13-16-7-9-18-5-4-6-19(18)11-16/h7-12,23H,3-6,13-15H2,1-2H3,(H,24,25). The van der Waals surface area contributed by atoms with Crippen LogP contribution in [0.2, 0.25) is 0 Å². The molecule has 3 rings (SSSR count). The molecule has 0 fully saturated rings. The molecule has 0 aliphatic heterocycles. The van der Waals surface area contributed by atoms with E-state index in [9.17, 15) is 4.79 Å². The largest absolute Gasteiger partial charge is 0.493 e. The van der Waals surface area contributed by atoms with Crippen LogP contribution in [0.5, 0.6) is 11.5 Å². The summed E-state index contributed by atoms with van der Waals surface area (Å²) in [6.45, 7) is 4.03. The van der Waals surface area contributed by atoms with Crippen molar-refractivity contribution in [1.29, 1.82) is 0 Å². The fourth-order valence-corrected chi connectivity index (χ4v) is 3.42. The third kappa shape index (κ3) is 5.23. The van der Waals surface area contributed by atoms with E-state index >= 15 is 0 Å². The Morgan fingerprint density at radius 3 is 2.52 bits per heavy atom. The third-order valence-electron chi connectivity index (χ3n) is 4.78. The second-order valence-corrected chi connectivity index (χ2v) is 6.79.